The van der Waals surface area contributed by atoms with E-state index >= 15 is 0 Å². The predicted octanol–water partition coefficient (Wildman–Crippen LogP) is 2.00. The molecular formula is C12H16FNO2. The van der Waals surface area contributed by atoms with Crippen LogP contribution in [0.25, 0.3) is 0 Å². The van der Waals surface area contributed by atoms with Crippen molar-refractivity contribution in [3.63, 3.8) is 0 Å². The molecule has 0 amide bonds. The van der Waals surface area contributed by atoms with Gasteiger partial charge in [0, 0.05) is 12.5 Å². The van der Waals surface area contributed by atoms with E-state index in [0.29, 0.717) is 6.42 Å². The lowest BCUT2D eigenvalue weighted by atomic mass is 9.95. The van der Waals surface area contributed by atoms with E-state index < -0.39 is 5.82 Å². The van der Waals surface area contributed by atoms with Gasteiger partial charge >= 0.3 is 0 Å². The maximum absolute atomic E-state index is 13.8. The first-order valence-corrected chi connectivity index (χ1v) is 5.22. The number of rotatable bonds is 5. The van der Waals surface area contributed by atoms with E-state index in [4.69, 9.17) is 10.5 Å². The zero-order valence-electron chi connectivity index (χ0n) is 9.50. The molecular weight excluding hydrogens is 209 g/mol. The van der Waals surface area contributed by atoms with Crippen molar-refractivity contribution in [2.75, 3.05) is 13.7 Å². The minimum atomic E-state index is -0.609. The van der Waals surface area contributed by atoms with Crippen molar-refractivity contribution < 1.29 is 13.9 Å². The Labute approximate surface area is 94.4 Å². The van der Waals surface area contributed by atoms with Crippen LogP contribution < -0.4 is 10.5 Å². The Morgan fingerprint density at radius 3 is 2.75 bits per heavy atom. The van der Waals surface area contributed by atoms with Crippen LogP contribution in [0.15, 0.2) is 18.2 Å². The molecule has 0 aromatic heterocycles. The molecule has 0 heterocycles. The average Bonchev–Trinajstić information content (AvgIpc) is 2.30. The Bertz CT molecular complexity index is 375. The first-order chi connectivity index (χ1) is 7.65. The van der Waals surface area contributed by atoms with Gasteiger partial charge in [-0.25, -0.2) is 4.39 Å². The molecule has 0 saturated carbocycles. The van der Waals surface area contributed by atoms with Crippen molar-refractivity contribution in [2.45, 2.75) is 13.3 Å². The van der Waals surface area contributed by atoms with Gasteiger partial charge in [0.2, 0.25) is 0 Å². The van der Waals surface area contributed by atoms with Gasteiger partial charge in [-0.05, 0) is 18.6 Å². The molecule has 0 saturated heterocycles. The van der Waals surface area contributed by atoms with E-state index in [1.165, 1.54) is 19.2 Å². The molecule has 1 atom stereocenters. The number of methoxy groups -OCH3 is 1. The van der Waals surface area contributed by atoms with Crippen LogP contribution in [0.1, 0.15) is 23.7 Å². The monoisotopic (exact) mass is 225 g/mol. The van der Waals surface area contributed by atoms with Crippen molar-refractivity contribution in [1.29, 1.82) is 0 Å². The smallest absolute Gasteiger partial charge is 0.175 e. The molecule has 0 aliphatic heterocycles. The van der Waals surface area contributed by atoms with Gasteiger partial charge in [0.05, 0.1) is 12.7 Å². The molecule has 0 spiro atoms. The number of benzene rings is 1. The lowest BCUT2D eigenvalue weighted by Crippen LogP contribution is -2.24. The number of Topliss-reactive ketones (excluding diaryl/α,β-unsaturated/α-hetero) is 1. The Morgan fingerprint density at radius 1 is 1.56 bits per heavy atom. The predicted molar refractivity (Wildman–Crippen MR) is 60.1 cm³/mol. The SMILES string of the molecule is CCC(CN)C(=O)c1cccc(OC)c1F. The van der Waals surface area contributed by atoms with E-state index in [-0.39, 0.29) is 29.6 Å². The van der Waals surface area contributed by atoms with E-state index in [1.54, 1.807) is 6.07 Å². The summed E-state index contributed by atoms with van der Waals surface area (Å²) in [6, 6.07) is 4.53. The first kappa shape index (κ1) is 12.6. The third-order valence-electron chi connectivity index (χ3n) is 2.60. The van der Waals surface area contributed by atoms with Crippen molar-refractivity contribution in [3.8, 4) is 5.75 Å². The summed E-state index contributed by atoms with van der Waals surface area (Å²) in [6.07, 6.45) is 0.603. The average molecular weight is 225 g/mol. The van der Waals surface area contributed by atoms with E-state index in [9.17, 15) is 9.18 Å². The lowest BCUT2D eigenvalue weighted by molar-refractivity contribution is 0.0916. The van der Waals surface area contributed by atoms with Crippen LogP contribution in [-0.4, -0.2) is 19.4 Å². The fourth-order valence-corrected chi connectivity index (χ4v) is 1.54. The highest BCUT2D eigenvalue weighted by molar-refractivity contribution is 5.98. The molecule has 0 fully saturated rings. The van der Waals surface area contributed by atoms with Gasteiger partial charge in [-0.1, -0.05) is 13.0 Å². The number of carbonyl (C=O) groups is 1. The van der Waals surface area contributed by atoms with Gasteiger partial charge in [-0.2, -0.15) is 0 Å². The molecule has 16 heavy (non-hydrogen) atoms. The number of nitrogens with two attached hydrogens (primary N) is 1. The molecule has 0 bridgehead atoms. The molecule has 4 heteroatoms. The second-order valence-electron chi connectivity index (χ2n) is 3.53. The maximum atomic E-state index is 13.8. The van der Waals surface area contributed by atoms with Crippen molar-refractivity contribution in [2.24, 2.45) is 11.7 Å². The number of ketones is 1. The maximum Gasteiger partial charge on any atom is 0.175 e. The topological polar surface area (TPSA) is 52.3 Å². The summed E-state index contributed by atoms with van der Waals surface area (Å²) in [6.45, 7) is 2.08. The number of hydrogen-bond acceptors (Lipinski definition) is 3. The Kier molecular flexibility index (Phi) is 4.43. The molecule has 88 valence electrons. The van der Waals surface area contributed by atoms with Crippen LogP contribution in [0.2, 0.25) is 0 Å². The fraction of sp³-hybridized carbons (Fsp3) is 0.417. The highest BCUT2D eigenvalue weighted by Gasteiger charge is 2.21. The third kappa shape index (κ3) is 2.39. The molecule has 0 aliphatic carbocycles. The van der Waals surface area contributed by atoms with Crippen molar-refractivity contribution >= 4 is 5.78 Å². The van der Waals surface area contributed by atoms with E-state index in [0.717, 1.165) is 0 Å². The van der Waals surface area contributed by atoms with E-state index in [2.05, 4.69) is 0 Å². The summed E-state index contributed by atoms with van der Waals surface area (Å²) in [5, 5.41) is 0. The van der Waals surface area contributed by atoms with Crippen LogP contribution in [0.4, 0.5) is 4.39 Å². The summed E-state index contributed by atoms with van der Waals surface area (Å²) in [5.41, 5.74) is 5.52. The van der Waals surface area contributed by atoms with Crippen LogP contribution in [0.3, 0.4) is 0 Å². The zero-order valence-corrected chi connectivity index (χ0v) is 9.50. The lowest BCUT2D eigenvalue weighted by Gasteiger charge is -2.12. The summed E-state index contributed by atoms with van der Waals surface area (Å²) in [7, 11) is 1.37. The highest BCUT2D eigenvalue weighted by Crippen LogP contribution is 2.22. The Balaban J connectivity index is 3.08. The van der Waals surface area contributed by atoms with Crippen LogP contribution in [0, 0.1) is 11.7 Å². The normalized spacial score (nSPS) is 12.2. The fourth-order valence-electron chi connectivity index (χ4n) is 1.54. The van der Waals surface area contributed by atoms with Gasteiger partial charge in [-0.3, -0.25) is 4.79 Å². The third-order valence-corrected chi connectivity index (χ3v) is 2.60. The van der Waals surface area contributed by atoms with E-state index in [1.807, 2.05) is 6.92 Å². The second-order valence-corrected chi connectivity index (χ2v) is 3.53. The first-order valence-electron chi connectivity index (χ1n) is 5.22. The number of halogens is 1. The second kappa shape index (κ2) is 5.61. The zero-order chi connectivity index (χ0) is 12.1. The molecule has 1 unspecified atom stereocenters. The quantitative estimate of drug-likeness (QED) is 0.780. The van der Waals surface area contributed by atoms with Gasteiger partial charge < -0.3 is 10.5 Å². The minimum Gasteiger partial charge on any atom is -0.494 e. The Hall–Kier alpha value is -1.42. The highest BCUT2D eigenvalue weighted by atomic mass is 19.1. The molecule has 3 nitrogen and oxygen atoms in total. The molecule has 0 radical (unpaired) electrons. The molecule has 1 rings (SSSR count). The molecule has 2 N–H and O–H groups in total. The largest absolute Gasteiger partial charge is 0.494 e. The van der Waals surface area contributed by atoms with Crippen LogP contribution >= 0.6 is 0 Å². The molecule has 1 aromatic rings. The van der Waals surface area contributed by atoms with Crippen LogP contribution in [0.5, 0.6) is 5.75 Å². The summed E-state index contributed by atoms with van der Waals surface area (Å²) < 4.78 is 18.6. The summed E-state index contributed by atoms with van der Waals surface area (Å²) >= 11 is 0. The minimum absolute atomic E-state index is 0.0525. The summed E-state index contributed by atoms with van der Waals surface area (Å²) in [5.74, 6) is -1.12. The van der Waals surface area contributed by atoms with Gasteiger partial charge in [0.15, 0.2) is 17.3 Å². The van der Waals surface area contributed by atoms with Gasteiger partial charge in [-0.15, -0.1) is 0 Å². The number of carbonyl (C=O) groups excluding carboxylic acids is 1. The summed E-state index contributed by atoms with van der Waals surface area (Å²) in [4.78, 5) is 11.9. The number of hydrogen-bond donors (Lipinski definition) is 1. The Morgan fingerprint density at radius 2 is 2.25 bits per heavy atom. The van der Waals surface area contributed by atoms with Gasteiger partial charge in [0.1, 0.15) is 0 Å². The van der Waals surface area contributed by atoms with Crippen molar-refractivity contribution in [1.82, 2.24) is 0 Å². The van der Waals surface area contributed by atoms with Gasteiger partial charge in [0.25, 0.3) is 0 Å². The standard InChI is InChI=1S/C12H16FNO2/c1-3-8(7-14)12(15)9-5-4-6-10(16-2)11(9)13/h4-6,8H,3,7,14H2,1-2H3. The van der Waals surface area contributed by atoms with Crippen molar-refractivity contribution in [3.05, 3.63) is 29.6 Å². The van der Waals surface area contributed by atoms with Crippen LogP contribution in [-0.2, 0) is 0 Å². The molecule has 0 aliphatic rings. The number of ether oxygens (including phenoxy) is 1. The molecule has 1 aromatic carbocycles.